The van der Waals surface area contributed by atoms with Crippen LogP contribution in [0.3, 0.4) is 0 Å². The van der Waals surface area contributed by atoms with Gasteiger partial charge < -0.3 is 4.74 Å². The minimum atomic E-state index is -0.257. The first kappa shape index (κ1) is 12.5. The van der Waals surface area contributed by atoms with Crippen molar-refractivity contribution >= 4 is 5.78 Å². The van der Waals surface area contributed by atoms with Crippen LogP contribution in [-0.2, 0) is 6.42 Å². The molecule has 1 aromatic carbocycles. The lowest BCUT2D eigenvalue weighted by molar-refractivity contribution is 0.443. The Bertz CT molecular complexity index is 769. The number of hydrogen-bond donors (Lipinski definition) is 0. The molecule has 0 saturated carbocycles. The highest BCUT2D eigenvalue weighted by Gasteiger charge is 2.09. The van der Waals surface area contributed by atoms with Gasteiger partial charge in [-0.25, -0.2) is 9.37 Å². The SMILES string of the molecule is CCc1cc(Oc2ccc(F)c(C)c2)n2ncnc2n1. The zero-order chi connectivity index (χ0) is 14.1. The summed E-state index contributed by atoms with van der Waals surface area (Å²) in [6.45, 7) is 3.69. The second-order valence-corrected chi connectivity index (χ2v) is 4.42. The molecule has 2 heterocycles. The van der Waals surface area contributed by atoms with Crippen LogP contribution in [0.15, 0.2) is 30.6 Å². The van der Waals surface area contributed by atoms with E-state index in [0.717, 1.165) is 12.1 Å². The highest BCUT2D eigenvalue weighted by Crippen LogP contribution is 2.24. The molecule has 0 aliphatic carbocycles. The Hall–Kier alpha value is -2.50. The van der Waals surface area contributed by atoms with Crippen molar-refractivity contribution in [2.75, 3.05) is 0 Å². The number of hydrogen-bond acceptors (Lipinski definition) is 4. The summed E-state index contributed by atoms with van der Waals surface area (Å²) < 4.78 is 20.6. The molecule has 5 nitrogen and oxygen atoms in total. The molecule has 0 saturated heterocycles. The van der Waals surface area contributed by atoms with Gasteiger partial charge in [-0.1, -0.05) is 6.92 Å². The fraction of sp³-hybridized carbons (Fsp3) is 0.214. The van der Waals surface area contributed by atoms with Gasteiger partial charge in [0.1, 0.15) is 17.9 Å². The van der Waals surface area contributed by atoms with E-state index in [-0.39, 0.29) is 5.82 Å². The average Bonchev–Trinajstić information content (AvgIpc) is 2.91. The topological polar surface area (TPSA) is 52.3 Å². The van der Waals surface area contributed by atoms with E-state index in [0.29, 0.717) is 23.0 Å². The lowest BCUT2D eigenvalue weighted by Gasteiger charge is -2.09. The standard InChI is InChI=1S/C14H13FN4O/c1-3-10-7-13(19-14(18-10)16-8-17-19)20-11-4-5-12(15)9(2)6-11/h4-8H,3H2,1-2H3. The summed E-state index contributed by atoms with van der Waals surface area (Å²) in [4.78, 5) is 8.40. The Balaban J connectivity index is 2.04. The molecule has 6 heteroatoms. The number of nitrogens with zero attached hydrogens (tertiary/aromatic N) is 4. The second-order valence-electron chi connectivity index (χ2n) is 4.42. The Labute approximate surface area is 115 Å². The van der Waals surface area contributed by atoms with Gasteiger partial charge in [0.15, 0.2) is 0 Å². The summed E-state index contributed by atoms with van der Waals surface area (Å²) in [5.74, 6) is 1.29. The van der Waals surface area contributed by atoms with E-state index in [2.05, 4.69) is 15.1 Å². The summed E-state index contributed by atoms with van der Waals surface area (Å²) in [5.41, 5.74) is 1.39. The first-order chi connectivity index (χ1) is 9.67. The van der Waals surface area contributed by atoms with Crippen LogP contribution in [0, 0.1) is 12.7 Å². The Kier molecular flexibility index (Phi) is 3.06. The van der Waals surface area contributed by atoms with E-state index in [1.165, 1.54) is 16.9 Å². The van der Waals surface area contributed by atoms with Crippen molar-refractivity contribution in [1.82, 2.24) is 19.6 Å². The first-order valence-corrected chi connectivity index (χ1v) is 6.31. The van der Waals surface area contributed by atoms with Crippen LogP contribution in [0.1, 0.15) is 18.2 Å². The molecule has 0 spiro atoms. The van der Waals surface area contributed by atoms with Crippen molar-refractivity contribution in [2.45, 2.75) is 20.3 Å². The smallest absolute Gasteiger partial charge is 0.255 e. The number of rotatable bonds is 3. The molecule has 0 bridgehead atoms. The molecule has 0 atom stereocenters. The van der Waals surface area contributed by atoms with Gasteiger partial charge in [-0.05, 0) is 37.1 Å². The van der Waals surface area contributed by atoms with Crippen molar-refractivity contribution in [1.29, 1.82) is 0 Å². The van der Waals surface area contributed by atoms with Gasteiger partial charge in [0.2, 0.25) is 5.88 Å². The van der Waals surface area contributed by atoms with Crippen molar-refractivity contribution in [3.63, 3.8) is 0 Å². The average molecular weight is 272 g/mol. The maximum absolute atomic E-state index is 13.3. The van der Waals surface area contributed by atoms with Crippen LogP contribution in [0.2, 0.25) is 0 Å². The largest absolute Gasteiger partial charge is 0.439 e. The van der Waals surface area contributed by atoms with Crippen LogP contribution in [0.25, 0.3) is 5.78 Å². The third-order valence-electron chi connectivity index (χ3n) is 2.99. The first-order valence-electron chi connectivity index (χ1n) is 6.31. The van der Waals surface area contributed by atoms with Crippen molar-refractivity contribution in [3.05, 3.63) is 47.7 Å². The third kappa shape index (κ3) is 2.20. The number of halogens is 1. The molecular formula is C14H13FN4O. The molecule has 0 aliphatic rings. The van der Waals surface area contributed by atoms with Crippen LogP contribution in [0.5, 0.6) is 11.6 Å². The molecule has 0 unspecified atom stereocenters. The molecule has 102 valence electrons. The highest BCUT2D eigenvalue weighted by atomic mass is 19.1. The van der Waals surface area contributed by atoms with Gasteiger partial charge in [0, 0.05) is 11.8 Å². The summed E-state index contributed by atoms with van der Waals surface area (Å²) in [7, 11) is 0. The van der Waals surface area contributed by atoms with E-state index < -0.39 is 0 Å². The third-order valence-corrected chi connectivity index (χ3v) is 2.99. The molecule has 3 aromatic rings. The quantitative estimate of drug-likeness (QED) is 0.735. The number of fused-ring (bicyclic) bond motifs is 1. The van der Waals surface area contributed by atoms with E-state index in [9.17, 15) is 4.39 Å². The molecule has 20 heavy (non-hydrogen) atoms. The monoisotopic (exact) mass is 272 g/mol. The molecule has 3 rings (SSSR count). The summed E-state index contributed by atoms with van der Waals surface area (Å²) >= 11 is 0. The highest BCUT2D eigenvalue weighted by molar-refractivity contribution is 5.37. The Morgan fingerprint density at radius 2 is 2.15 bits per heavy atom. The van der Waals surface area contributed by atoms with Crippen LogP contribution < -0.4 is 4.74 Å². The predicted molar refractivity (Wildman–Crippen MR) is 71.4 cm³/mol. The lowest BCUT2D eigenvalue weighted by Crippen LogP contribution is -2.01. The van der Waals surface area contributed by atoms with Crippen molar-refractivity contribution in [2.24, 2.45) is 0 Å². The molecule has 0 N–H and O–H groups in total. The Morgan fingerprint density at radius 3 is 2.90 bits per heavy atom. The van der Waals surface area contributed by atoms with Crippen LogP contribution in [-0.4, -0.2) is 19.6 Å². The molecule has 0 fully saturated rings. The summed E-state index contributed by atoms with van der Waals surface area (Å²) in [5, 5.41) is 4.07. The van der Waals surface area contributed by atoms with Crippen molar-refractivity contribution < 1.29 is 9.13 Å². The molecule has 0 amide bonds. The normalized spacial score (nSPS) is 10.9. The second kappa shape index (κ2) is 4.88. The fourth-order valence-electron chi connectivity index (χ4n) is 1.89. The van der Waals surface area contributed by atoms with Gasteiger partial charge >= 0.3 is 0 Å². The van der Waals surface area contributed by atoms with Crippen molar-refractivity contribution in [3.8, 4) is 11.6 Å². The maximum Gasteiger partial charge on any atom is 0.255 e. The van der Waals surface area contributed by atoms with Gasteiger partial charge in [0.25, 0.3) is 5.78 Å². The van der Waals surface area contributed by atoms with Crippen LogP contribution >= 0.6 is 0 Å². The van der Waals surface area contributed by atoms with E-state index >= 15 is 0 Å². The zero-order valence-electron chi connectivity index (χ0n) is 11.2. The lowest BCUT2D eigenvalue weighted by atomic mass is 10.2. The number of benzene rings is 1. The van der Waals surface area contributed by atoms with E-state index in [4.69, 9.17) is 4.74 Å². The van der Waals surface area contributed by atoms with Gasteiger partial charge in [-0.3, -0.25) is 0 Å². The predicted octanol–water partition coefficient (Wildman–Crippen LogP) is 2.93. The summed E-state index contributed by atoms with van der Waals surface area (Å²) in [6.07, 6.45) is 2.19. The number of aryl methyl sites for hydroxylation is 2. The fourth-order valence-corrected chi connectivity index (χ4v) is 1.89. The molecule has 0 radical (unpaired) electrons. The molecular weight excluding hydrogens is 259 g/mol. The Morgan fingerprint density at radius 1 is 1.30 bits per heavy atom. The number of ether oxygens (including phenoxy) is 1. The van der Waals surface area contributed by atoms with E-state index in [1.807, 2.05) is 6.92 Å². The van der Waals surface area contributed by atoms with Gasteiger partial charge in [-0.2, -0.15) is 14.6 Å². The van der Waals surface area contributed by atoms with Gasteiger partial charge in [-0.15, -0.1) is 0 Å². The minimum Gasteiger partial charge on any atom is -0.439 e. The zero-order valence-corrected chi connectivity index (χ0v) is 11.2. The minimum absolute atomic E-state index is 0.257. The maximum atomic E-state index is 13.3. The van der Waals surface area contributed by atoms with Crippen LogP contribution in [0.4, 0.5) is 4.39 Å². The van der Waals surface area contributed by atoms with Gasteiger partial charge in [0.05, 0.1) is 0 Å². The number of aromatic nitrogens is 4. The molecule has 2 aromatic heterocycles. The van der Waals surface area contributed by atoms with E-state index in [1.54, 1.807) is 25.1 Å². The molecule has 0 aliphatic heterocycles. The summed E-state index contributed by atoms with van der Waals surface area (Å²) in [6, 6.07) is 6.41.